The maximum atomic E-state index is 13.7. The molecule has 1 unspecified atom stereocenters. The molecule has 0 saturated carbocycles. The molecule has 106 valence electrons. The zero-order valence-electron chi connectivity index (χ0n) is 11.9. The maximum absolute atomic E-state index is 13.7. The van der Waals surface area contributed by atoms with Crippen molar-refractivity contribution < 1.29 is 8.78 Å². The number of aromatic nitrogens is 1. The number of nitrogens with one attached hydrogen (secondary N) is 1. The number of hydrogen-bond donors (Lipinski definition) is 1. The van der Waals surface area contributed by atoms with Crippen LogP contribution in [-0.4, -0.2) is 12.0 Å². The number of hydrogen-bond acceptors (Lipinski definition) is 2. The van der Waals surface area contributed by atoms with Crippen LogP contribution in [0, 0.1) is 25.5 Å². The van der Waals surface area contributed by atoms with Crippen molar-refractivity contribution in [2.45, 2.75) is 26.3 Å². The lowest BCUT2D eigenvalue weighted by molar-refractivity contribution is 0.515. The number of halogens is 2. The first-order chi connectivity index (χ1) is 9.51. The van der Waals surface area contributed by atoms with E-state index in [2.05, 4.69) is 10.3 Å². The van der Waals surface area contributed by atoms with E-state index in [-0.39, 0.29) is 18.0 Å². The van der Waals surface area contributed by atoms with Gasteiger partial charge in [-0.2, -0.15) is 0 Å². The quantitative estimate of drug-likeness (QED) is 0.924. The molecule has 2 rings (SSSR count). The summed E-state index contributed by atoms with van der Waals surface area (Å²) in [6.45, 7) is 3.82. The van der Waals surface area contributed by atoms with Crippen LogP contribution in [0.5, 0.6) is 0 Å². The van der Waals surface area contributed by atoms with E-state index in [4.69, 9.17) is 0 Å². The molecule has 0 radical (unpaired) electrons. The van der Waals surface area contributed by atoms with Crippen LogP contribution in [0.3, 0.4) is 0 Å². The zero-order chi connectivity index (χ0) is 14.7. The summed E-state index contributed by atoms with van der Waals surface area (Å²) >= 11 is 0. The van der Waals surface area contributed by atoms with Crippen molar-refractivity contribution in [2.75, 3.05) is 7.05 Å². The van der Waals surface area contributed by atoms with E-state index in [1.807, 2.05) is 26.0 Å². The molecule has 0 aliphatic heterocycles. The molecule has 2 aromatic rings. The van der Waals surface area contributed by atoms with Crippen molar-refractivity contribution in [2.24, 2.45) is 0 Å². The number of likely N-dealkylation sites (N-methyl/N-ethyl adjacent to an activating group) is 1. The molecule has 1 atom stereocenters. The Balaban J connectivity index is 2.33. The summed E-state index contributed by atoms with van der Waals surface area (Å²) in [6, 6.07) is 7.67. The fraction of sp³-hybridized carbons (Fsp3) is 0.312. The second kappa shape index (κ2) is 6.09. The molecule has 2 nitrogen and oxygen atoms in total. The van der Waals surface area contributed by atoms with Gasteiger partial charge >= 0.3 is 0 Å². The van der Waals surface area contributed by atoms with E-state index in [9.17, 15) is 8.78 Å². The lowest BCUT2D eigenvalue weighted by atomic mass is 9.98. The topological polar surface area (TPSA) is 24.9 Å². The van der Waals surface area contributed by atoms with Gasteiger partial charge in [-0.15, -0.1) is 0 Å². The summed E-state index contributed by atoms with van der Waals surface area (Å²) in [6.07, 6.45) is 0.262. The van der Waals surface area contributed by atoms with E-state index < -0.39 is 11.6 Å². The number of benzene rings is 1. The first kappa shape index (κ1) is 14.6. The predicted molar refractivity (Wildman–Crippen MR) is 75.6 cm³/mol. The molecule has 0 aliphatic rings. The molecule has 1 N–H and O–H groups in total. The Morgan fingerprint density at radius 2 is 1.65 bits per heavy atom. The summed E-state index contributed by atoms with van der Waals surface area (Å²) in [5.74, 6) is -1.01. The minimum atomic E-state index is -0.507. The van der Waals surface area contributed by atoms with E-state index in [0.29, 0.717) is 0 Å². The first-order valence-corrected chi connectivity index (χ1v) is 6.56. The van der Waals surface area contributed by atoms with Crippen LogP contribution in [0.2, 0.25) is 0 Å². The molecular weight excluding hydrogens is 258 g/mol. The number of nitrogens with zero attached hydrogens (tertiary/aromatic N) is 1. The van der Waals surface area contributed by atoms with E-state index >= 15 is 0 Å². The molecule has 0 amide bonds. The molecule has 1 aromatic heterocycles. The standard InChI is InChI=1S/C16H18F2N2/c1-10-7-12(8-11(2)20-10)16(19-3)9-13-14(17)5-4-6-15(13)18/h4-8,16,19H,9H2,1-3H3. The molecule has 20 heavy (non-hydrogen) atoms. The lowest BCUT2D eigenvalue weighted by Crippen LogP contribution is -2.20. The van der Waals surface area contributed by atoms with Crippen LogP contribution < -0.4 is 5.32 Å². The van der Waals surface area contributed by atoms with Crippen LogP contribution >= 0.6 is 0 Å². The number of aryl methyl sites for hydroxylation is 2. The van der Waals surface area contributed by atoms with Gasteiger partial charge in [-0.3, -0.25) is 4.98 Å². The van der Waals surface area contributed by atoms with Gasteiger partial charge in [-0.25, -0.2) is 8.78 Å². The largest absolute Gasteiger partial charge is 0.313 e. The summed E-state index contributed by atoms with van der Waals surface area (Å²) < 4.78 is 27.5. The summed E-state index contributed by atoms with van der Waals surface area (Å²) in [5.41, 5.74) is 2.89. The Hall–Kier alpha value is -1.81. The van der Waals surface area contributed by atoms with Gasteiger partial charge in [-0.05, 0) is 57.1 Å². The fourth-order valence-corrected chi connectivity index (χ4v) is 2.39. The van der Waals surface area contributed by atoms with Crippen LogP contribution in [0.25, 0.3) is 0 Å². The van der Waals surface area contributed by atoms with Crippen molar-refractivity contribution in [1.82, 2.24) is 10.3 Å². The van der Waals surface area contributed by atoms with E-state index in [1.165, 1.54) is 18.2 Å². The third-order valence-corrected chi connectivity index (χ3v) is 3.32. The number of rotatable bonds is 4. The van der Waals surface area contributed by atoms with Gasteiger partial charge in [0.15, 0.2) is 0 Å². The predicted octanol–water partition coefficient (Wildman–Crippen LogP) is 3.48. The highest BCUT2D eigenvalue weighted by atomic mass is 19.1. The highest BCUT2D eigenvalue weighted by Gasteiger charge is 2.16. The summed E-state index contributed by atoms with van der Waals surface area (Å²) in [4.78, 5) is 4.32. The Kier molecular flexibility index (Phi) is 4.45. The van der Waals surface area contributed by atoms with Crippen LogP contribution in [-0.2, 0) is 6.42 Å². The molecule has 0 bridgehead atoms. The third kappa shape index (κ3) is 3.20. The molecule has 0 fully saturated rings. The molecule has 0 spiro atoms. The summed E-state index contributed by atoms with van der Waals surface area (Å²) in [5, 5.41) is 3.11. The lowest BCUT2D eigenvalue weighted by Gasteiger charge is -2.18. The van der Waals surface area contributed by atoms with Gasteiger partial charge in [-0.1, -0.05) is 6.07 Å². The van der Waals surface area contributed by atoms with Crippen LogP contribution in [0.4, 0.5) is 8.78 Å². The smallest absolute Gasteiger partial charge is 0.129 e. The Bertz CT molecular complexity index is 571. The van der Waals surface area contributed by atoms with E-state index in [1.54, 1.807) is 7.05 Å². The highest BCUT2D eigenvalue weighted by molar-refractivity contribution is 5.28. The third-order valence-electron chi connectivity index (χ3n) is 3.32. The average molecular weight is 276 g/mol. The van der Waals surface area contributed by atoms with Crippen molar-refractivity contribution in [3.8, 4) is 0 Å². The monoisotopic (exact) mass is 276 g/mol. The van der Waals surface area contributed by atoms with Gasteiger partial charge < -0.3 is 5.32 Å². The van der Waals surface area contributed by atoms with Crippen LogP contribution in [0.1, 0.15) is 28.6 Å². The van der Waals surface area contributed by atoms with Gasteiger partial charge in [0, 0.05) is 23.0 Å². The van der Waals surface area contributed by atoms with Crippen molar-refractivity contribution in [1.29, 1.82) is 0 Å². The average Bonchev–Trinajstić information content (AvgIpc) is 2.37. The Labute approximate surface area is 117 Å². The fourth-order valence-electron chi connectivity index (χ4n) is 2.39. The normalized spacial score (nSPS) is 12.4. The van der Waals surface area contributed by atoms with Gasteiger partial charge in [0.2, 0.25) is 0 Å². The second-order valence-corrected chi connectivity index (χ2v) is 4.93. The molecule has 4 heteroatoms. The molecule has 0 aliphatic carbocycles. The van der Waals surface area contributed by atoms with E-state index in [0.717, 1.165) is 17.0 Å². The number of pyridine rings is 1. The second-order valence-electron chi connectivity index (χ2n) is 4.93. The summed E-state index contributed by atoms with van der Waals surface area (Å²) in [7, 11) is 1.79. The van der Waals surface area contributed by atoms with Gasteiger partial charge in [0.05, 0.1) is 0 Å². The van der Waals surface area contributed by atoms with Crippen molar-refractivity contribution >= 4 is 0 Å². The minimum absolute atomic E-state index is 0.110. The molecule has 1 heterocycles. The van der Waals surface area contributed by atoms with Gasteiger partial charge in [0.25, 0.3) is 0 Å². The highest BCUT2D eigenvalue weighted by Crippen LogP contribution is 2.23. The molecule has 0 saturated heterocycles. The molecule has 1 aromatic carbocycles. The molecular formula is C16H18F2N2. The van der Waals surface area contributed by atoms with Crippen molar-refractivity contribution in [3.63, 3.8) is 0 Å². The van der Waals surface area contributed by atoms with Crippen molar-refractivity contribution in [3.05, 3.63) is 64.5 Å². The minimum Gasteiger partial charge on any atom is -0.313 e. The Morgan fingerprint density at radius 1 is 1.10 bits per heavy atom. The SMILES string of the molecule is CNC(Cc1c(F)cccc1F)c1cc(C)nc(C)c1. The van der Waals surface area contributed by atoms with Gasteiger partial charge in [0.1, 0.15) is 11.6 Å². The van der Waals surface area contributed by atoms with Crippen LogP contribution in [0.15, 0.2) is 30.3 Å². The zero-order valence-corrected chi connectivity index (χ0v) is 11.9. The maximum Gasteiger partial charge on any atom is 0.129 e. The Morgan fingerprint density at radius 3 is 2.15 bits per heavy atom. The first-order valence-electron chi connectivity index (χ1n) is 6.56.